The molecule has 1 aliphatic rings. The zero-order valence-electron chi connectivity index (χ0n) is 7.01. The largest absolute Gasteiger partial charge is 0.283 e. The SMILES string of the molecule is COCl.COCl.[C-]1=CC=CC1.[Ti]. The van der Waals surface area contributed by atoms with Crippen LogP contribution in [0.4, 0.5) is 0 Å². The van der Waals surface area contributed by atoms with E-state index < -0.39 is 0 Å². The first-order valence-corrected chi connectivity index (χ1v) is 3.46. The van der Waals surface area contributed by atoms with Gasteiger partial charge in [0.2, 0.25) is 0 Å². The van der Waals surface area contributed by atoms with Gasteiger partial charge in [0.1, 0.15) is 0 Å². The van der Waals surface area contributed by atoms with E-state index in [1.54, 1.807) is 0 Å². The molecule has 1 aliphatic carbocycles. The number of rotatable bonds is 0. The van der Waals surface area contributed by atoms with Crippen molar-refractivity contribution in [2.75, 3.05) is 14.2 Å². The molecule has 0 fully saturated rings. The maximum absolute atomic E-state index is 4.50. The van der Waals surface area contributed by atoms with Crippen molar-refractivity contribution in [3.8, 4) is 0 Å². The summed E-state index contributed by atoms with van der Waals surface area (Å²) in [6.45, 7) is 0. The Morgan fingerprint density at radius 3 is 1.75 bits per heavy atom. The molecule has 0 radical (unpaired) electrons. The van der Waals surface area contributed by atoms with Crippen molar-refractivity contribution in [2.45, 2.75) is 6.42 Å². The van der Waals surface area contributed by atoms with Gasteiger partial charge in [-0.25, -0.2) is 12.2 Å². The molecule has 12 heavy (non-hydrogen) atoms. The Hall–Kier alpha value is 0.694. The maximum atomic E-state index is 4.50. The third kappa shape index (κ3) is 31.0. The van der Waals surface area contributed by atoms with Crippen LogP contribution in [0.15, 0.2) is 18.2 Å². The van der Waals surface area contributed by atoms with Gasteiger partial charge in [-0.1, -0.05) is 0 Å². The van der Waals surface area contributed by atoms with E-state index in [0.717, 1.165) is 6.42 Å². The van der Waals surface area contributed by atoms with Crippen LogP contribution in [0.2, 0.25) is 0 Å². The van der Waals surface area contributed by atoms with E-state index >= 15 is 0 Å². The van der Waals surface area contributed by atoms with Gasteiger partial charge in [-0.2, -0.15) is 6.08 Å². The molecule has 0 atom stereocenters. The summed E-state index contributed by atoms with van der Waals surface area (Å²) in [4.78, 5) is 0. The standard InChI is InChI=1S/C5H5.2CH3ClO.Ti/c1-2-4-5-3-1;2*1-3-2;/h1-3H,4H2;2*1H3;/q-1;;;. The summed E-state index contributed by atoms with van der Waals surface area (Å²) >= 11 is 9.00. The van der Waals surface area contributed by atoms with Crippen LogP contribution in [0.1, 0.15) is 6.42 Å². The summed E-state index contributed by atoms with van der Waals surface area (Å²) in [6.07, 6.45) is 10.0. The van der Waals surface area contributed by atoms with E-state index in [2.05, 4.69) is 44.5 Å². The molecule has 0 aliphatic heterocycles. The van der Waals surface area contributed by atoms with E-state index in [9.17, 15) is 0 Å². The predicted molar refractivity (Wildman–Crippen MR) is 47.3 cm³/mol. The molecule has 5 heteroatoms. The molecule has 2 nitrogen and oxygen atoms in total. The Labute approximate surface area is 98.7 Å². The van der Waals surface area contributed by atoms with Crippen LogP contribution in [0.25, 0.3) is 0 Å². The van der Waals surface area contributed by atoms with Crippen molar-refractivity contribution in [3.63, 3.8) is 0 Å². The Bertz CT molecular complexity index is 95.6. The zero-order valence-corrected chi connectivity index (χ0v) is 10.1. The summed E-state index contributed by atoms with van der Waals surface area (Å²) in [7, 11) is 2.78. The molecule has 0 unspecified atom stereocenters. The summed E-state index contributed by atoms with van der Waals surface area (Å²) in [5, 5.41) is 0. The molecular weight excluding hydrogens is 235 g/mol. The van der Waals surface area contributed by atoms with Gasteiger partial charge >= 0.3 is 0 Å². The van der Waals surface area contributed by atoms with E-state index in [4.69, 9.17) is 0 Å². The van der Waals surface area contributed by atoms with Crippen LogP contribution in [-0.4, -0.2) is 14.2 Å². The molecule has 70 valence electrons. The minimum atomic E-state index is 0. The van der Waals surface area contributed by atoms with E-state index in [0.29, 0.717) is 0 Å². The second-order valence-corrected chi connectivity index (χ2v) is 1.93. The first kappa shape index (κ1) is 18.5. The van der Waals surface area contributed by atoms with Crippen molar-refractivity contribution in [1.29, 1.82) is 0 Å². The van der Waals surface area contributed by atoms with Gasteiger partial charge in [0.15, 0.2) is 0 Å². The Balaban J connectivity index is -0.000000104. The average Bonchev–Trinajstić information content (AvgIpc) is 2.44. The van der Waals surface area contributed by atoms with Gasteiger partial charge in [0.05, 0.1) is 38.0 Å². The minimum Gasteiger partial charge on any atom is -0.283 e. The number of hydrogen-bond donors (Lipinski definition) is 0. The van der Waals surface area contributed by atoms with E-state index in [1.165, 1.54) is 14.2 Å². The van der Waals surface area contributed by atoms with E-state index in [-0.39, 0.29) is 21.7 Å². The van der Waals surface area contributed by atoms with Crippen LogP contribution in [0.3, 0.4) is 0 Å². The van der Waals surface area contributed by atoms with Crippen molar-refractivity contribution >= 4 is 23.7 Å². The Morgan fingerprint density at radius 2 is 1.67 bits per heavy atom. The fourth-order valence-corrected chi connectivity index (χ4v) is 0.340. The topological polar surface area (TPSA) is 18.5 Å². The molecule has 0 heterocycles. The summed E-state index contributed by atoms with van der Waals surface area (Å²) < 4.78 is 7.44. The maximum Gasteiger partial charge on any atom is 0.0606 e. The summed E-state index contributed by atoms with van der Waals surface area (Å²) in [6, 6.07) is 0. The number of hydrogen-bond acceptors (Lipinski definition) is 2. The zero-order chi connectivity index (χ0) is 8.95. The Kier molecular flexibility index (Phi) is 34.8. The van der Waals surface area contributed by atoms with Crippen molar-refractivity contribution in [3.05, 3.63) is 24.3 Å². The molecule has 0 aromatic rings. The molecule has 0 amide bonds. The monoisotopic (exact) mass is 245 g/mol. The van der Waals surface area contributed by atoms with Crippen LogP contribution < -0.4 is 0 Å². The summed E-state index contributed by atoms with van der Waals surface area (Å²) in [5.41, 5.74) is 0. The molecule has 0 bridgehead atoms. The Morgan fingerprint density at radius 1 is 1.25 bits per heavy atom. The fourth-order valence-electron chi connectivity index (χ4n) is 0.340. The first-order chi connectivity index (χ1) is 5.33. The molecule has 0 aromatic heterocycles. The van der Waals surface area contributed by atoms with Crippen molar-refractivity contribution in [1.82, 2.24) is 0 Å². The van der Waals surface area contributed by atoms with Crippen molar-refractivity contribution < 1.29 is 30.3 Å². The van der Waals surface area contributed by atoms with Crippen LogP contribution in [-0.2, 0) is 30.3 Å². The molecule has 0 spiro atoms. The third-order valence-electron chi connectivity index (χ3n) is 0.586. The molecule has 1 rings (SSSR count). The molecule has 0 saturated carbocycles. The van der Waals surface area contributed by atoms with Crippen molar-refractivity contribution in [2.24, 2.45) is 0 Å². The second kappa shape index (κ2) is 22.6. The normalized spacial score (nSPS) is 10.3. The van der Waals surface area contributed by atoms with Crippen LogP contribution in [0, 0.1) is 6.08 Å². The molecular formula is C7H11Cl2O2Ti-. The van der Waals surface area contributed by atoms with Crippen LogP contribution >= 0.6 is 23.7 Å². The number of halogens is 2. The van der Waals surface area contributed by atoms with E-state index in [1.807, 2.05) is 12.2 Å². The molecule has 0 saturated heterocycles. The fraction of sp³-hybridized carbons (Fsp3) is 0.429. The van der Waals surface area contributed by atoms with Crippen LogP contribution in [0.5, 0.6) is 0 Å². The minimum absolute atomic E-state index is 0. The van der Waals surface area contributed by atoms with Gasteiger partial charge in [0, 0.05) is 21.7 Å². The predicted octanol–water partition coefficient (Wildman–Crippen LogP) is 2.88. The summed E-state index contributed by atoms with van der Waals surface area (Å²) in [5.74, 6) is 0. The van der Waals surface area contributed by atoms with Gasteiger partial charge in [0.25, 0.3) is 0 Å². The quantitative estimate of drug-likeness (QED) is 0.483. The molecule has 0 N–H and O–H groups in total. The van der Waals surface area contributed by atoms with Gasteiger partial charge in [-0.15, -0.1) is 6.42 Å². The average molecular weight is 246 g/mol. The first-order valence-electron chi connectivity index (χ1n) is 2.84. The third-order valence-corrected chi connectivity index (χ3v) is 0.586. The number of allylic oxidation sites excluding steroid dienone is 4. The van der Waals surface area contributed by atoms with Gasteiger partial charge in [-0.05, 0) is 0 Å². The van der Waals surface area contributed by atoms with Gasteiger partial charge < -0.3 is 0 Å². The molecule has 0 aromatic carbocycles. The van der Waals surface area contributed by atoms with Gasteiger partial charge in [-0.3, -0.25) is 14.7 Å². The second-order valence-electron chi connectivity index (χ2n) is 1.31. The smallest absolute Gasteiger partial charge is 0.0606 e.